The van der Waals surface area contributed by atoms with Gasteiger partial charge in [-0.2, -0.15) is 0 Å². The number of hydrogen-bond acceptors (Lipinski definition) is 2. The van der Waals surface area contributed by atoms with Crippen molar-refractivity contribution in [3.8, 4) is 0 Å². The fraction of sp³-hybridized carbons (Fsp3) is 0. The summed E-state index contributed by atoms with van der Waals surface area (Å²) >= 11 is 12.0. The van der Waals surface area contributed by atoms with Gasteiger partial charge in [-0.15, -0.1) is 0 Å². The molecule has 16 heavy (non-hydrogen) atoms. The van der Waals surface area contributed by atoms with E-state index in [1.807, 2.05) is 12.1 Å². The predicted molar refractivity (Wildman–Crippen MR) is 68.0 cm³/mol. The number of rotatable bonds is 2. The van der Waals surface area contributed by atoms with Crippen LogP contribution in [0.4, 0.5) is 5.69 Å². The fourth-order valence-corrected chi connectivity index (χ4v) is 1.70. The van der Waals surface area contributed by atoms with E-state index in [-0.39, 0.29) is 0 Å². The van der Waals surface area contributed by atoms with E-state index in [2.05, 4.69) is 9.98 Å². The van der Waals surface area contributed by atoms with Crippen molar-refractivity contribution < 1.29 is 0 Å². The molecule has 2 rings (SSSR count). The van der Waals surface area contributed by atoms with Gasteiger partial charge in [0.05, 0.1) is 21.9 Å². The minimum absolute atomic E-state index is 0.583. The van der Waals surface area contributed by atoms with Crippen LogP contribution in [0, 0.1) is 0 Å². The lowest BCUT2D eigenvalue weighted by Crippen LogP contribution is -1.84. The van der Waals surface area contributed by atoms with Crippen LogP contribution in [0.3, 0.4) is 0 Å². The molecule has 1 aromatic carbocycles. The average molecular weight is 251 g/mol. The summed E-state index contributed by atoms with van der Waals surface area (Å²) in [7, 11) is 0. The van der Waals surface area contributed by atoms with E-state index < -0.39 is 0 Å². The Hall–Kier alpha value is -1.38. The number of aromatic nitrogens is 1. The summed E-state index contributed by atoms with van der Waals surface area (Å²) in [5.74, 6) is 0. The lowest BCUT2D eigenvalue weighted by Gasteiger charge is -1.99. The van der Waals surface area contributed by atoms with E-state index in [1.165, 1.54) is 0 Å². The third-order valence-corrected chi connectivity index (χ3v) is 2.65. The van der Waals surface area contributed by atoms with Gasteiger partial charge in [-0.3, -0.25) is 9.98 Å². The maximum absolute atomic E-state index is 6.00. The van der Waals surface area contributed by atoms with Crippen LogP contribution in [0.2, 0.25) is 10.0 Å². The number of hydrogen-bond donors (Lipinski definition) is 0. The first-order chi connectivity index (χ1) is 7.77. The molecule has 0 atom stereocenters. The topological polar surface area (TPSA) is 25.2 Å². The van der Waals surface area contributed by atoms with Crippen molar-refractivity contribution in [2.75, 3.05) is 0 Å². The lowest BCUT2D eigenvalue weighted by molar-refractivity contribution is 1.31. The summed E-state index contributed by atoms with van der Waals surface area (Å²) in [6, 6.07) is 9.03. The quantitative estimate of drug-likeness (QED) is 0.736. The van der Waals surface area contributed by atoms with Crippen molar-refractivity contribution in [2.45, 2.75) is 0 Å². The van der Waals surface area contributed by atoms with Crippen LogP contribution in [0.1, 0.15) is 5.56 Å². The van der Waals surface area contributed by atoms with Gasteiger partial charge in [-0.1, -0.05) is 29.3 Å². The Bertz CT molecular complexity index is 489. The molecule has 0 bridgehead atoms. The van der Waals surface area contributed by atoms with Crippen LogP contribution in [-0.2, 0) is 0 Å². The molecule has 0 fully saturated rings. The van der Waals surface area contributed by atoms with Crippen molar-refractivity contribution in [2.24, 2.45) is 4.99 Å². The largest absolute Gasteiger partial charge is 0.262 e. The Labute approximate surface area is 104 Å². The highest BCUT2D eigenvalue weighted by molar-refractivity contribution is 6.38. The van der Waals surface area contributed by atoms with Gasteiger partial charge in [-0.05, 0) is 24.3 Å². The molecule has 0 N–H and O–H groups in total. The smallest absolute Gasteiger partial charge is 0.0813 e. The Morgan fingerprint density at radius 3 is 2.44 bits per heavy atom. The molecular weight excluding hydrogens is 243 g/mol. The number of halogens is 2. The first-order valence-electron chi connectivity index (χ1n) is 4.65. The van der Waals surface area contributed by atoms with Crippen molar-refractivity contribution in [3.05, 3.63) is 58.3 Å². The third-order valence-electron chi connectivity index (χ3n) is 1.99. The normalized spacial score (nSPS) is 10.9. The summed E-state index contributed by atoms with van der Waals surface area (Å²) in [5.41, 5.74) is 1.48. The molecule has 2 aromatic rings. The molecule has 4 heteroatoms. The van der Waals surface area contributed by atoms with Crippen LogP contribution in [0.15, 0.2) is 47.7 Å². The van der Waals surface area contributed by atoms with Gasteiger partial charge in [0.25, 0.3) is 0 Å². The molecule has 0 amide bonds. The summed E-state index contributed by atoms with van der Waals surface area (Å²) in [4.78, 5) is 8.20. The number of aliphatic imine (C=N–C) groups is 1. The fourth-order valence-electron chi connectivity index (χ4n) is 1.20. The van der Waals surface area contributed by atoms with Crippen molar-refractivity contribution >= 4 is 35.1 Å². The van der Waals surface area contributed by atoms with E-state index in [1.54, 1.807) is 36.8 Å². The summed E-state index contributed by atoms with van der Waals surface area (Å²) in [6.07, 6.45) is 5.00. The molecule has 0 saturated carbocycles. The van der Waals surface area contributed by atoms with E-state index in [9.17, 15) is 0 Å². The predicted octanol–water partition coefficient (Wildman–Crippen LogP) is 4.14. The standard InChI is InChI=1S/C12H8Cl2N2/c13-11-4-1-5-12(14)10(11)8-16-9-3-2-6-15-7-9/h1-8H. The first kappa shape index (κ1) is 11.1. The first-order valence-corrected chi connectivity index (χ1v) is 5.41. The van der Waals surface area contributed by atoms with Crippen LogP contribution >= 0.6 is 23.2 Å². The Morgan fingerprint density at radius 2 is 1.81 bits per heavy atom. The number of pyridine rings is 1. The molecule has 0 radical (unpaired) electrons. The molecule has 2 nitrogen and oxygen atoms in total. The van der Waals surface area contributed by atoms with Gasteiger partial charge in [0.1, 0.15) is 0 Å². The zero-order valence-electron chi connectivity index (χ0n) is 8.27. The minimum Gasteiger partial charge on any atom is -0.262 e. The summed E-state index contributed by atoms with van der Waals surface area (Å²) < 4.78 is 0. The molecule has 1 aromatic heterocycles. The lowest BCUT2D eigenvalue weighted by atomic mass is 10.2. The third kappa shape index (κ3) is 2.60. The highest BCUT2D eigenvalue weighted by atomic mass is 35.5. The zero-order chi connectivity index (χ0) is 11.4. The summed E-state index contributed by atoms with van der Waals surface area (Å²) in [5, 5.41) is 1.17. The Kier molecular flexibility index (Phi) is 3.54. The van der Waals surface area contributed by atoms with Crippen molar-refractivity contribution in [1.29, 1.82) is 0 Å². The molecule has 0 spiro atoms. The van der Waals surface area contributed by atoms with Crippen LogP contribution < -0.4 is 0 Å². The monoisotopic (exact) mass is 250 g/mol. The Balaban J connectivity index is 2.31. The van der Waals surface area contributed by atoms with Crippen molar-refractivity contribution in [3.63, 3.8) is 0 Å². The molecule has 0 saturated heterocycles. The molecule has 0 unspecified atom stereocenters. The molecule has 0 aliphatic carbocycles. The van der Waals surface area contributed by atoms with E-state index in [4.69, 9.17) is 23.2 Å². The van der Waals surface area contributed by atoms with Gasteiger partial charge in [0, 0.05) is 18.0 Å². The van der Waals surface area contributed by atoms with Gasteiger partial charge in [0.2, 0.25) is 0 Å². The van der Waals surface area contributed by atoms with Gasteiger partial charge >= 0.3 is 0 Å². The SMILES string of the molecule is Clc1cccc(Cl)c1C=Nc1cccnc1. The Morgan fingerprint density at radius 1 is 1.06 bits per heavy atom. The number of benzene rings is 1. The number of nitrogens with zero attached hydrogens (tertiary/aromatic N) is 2. The van der Waals surface area contributed by atoms with E-state index in [0.29, 0.717) is 10.0 Å². The zero-order valence-corrected chi connectivity index (χ0v) is 9.78. The van der Waals surface area contributed by atoms with Crippen LogP contribution in [0.5, 0.6) is 0 Å². The van der Waals surface area contributed by atoms with Gasteiger partial charge in [-0.25, -0.2) is 0 Å². The average Bonchev–Trinajstić information content (AvgIpc) is 2.30. The molecule has 0 aliphatic rings. The van der Waals surface area contributed by atoms with Gasteiger partial charge < -0.3 is 0 Å². The van der Waals surface area contributed by atoms with Gasteiger partial charge in [0.15, 0.2) is 0 Å². The van der Waals surface area contributed by atoms with E-state index >= 15 is 0 Å². The van der Waals surface area contributed by atoms with E-state index in [0.717, 1.165) is 11.3 Å². The second-order valence-electron chi connectivity index (χ2n) is 3.10. The molecular formula is C12H8Cl2N2. The highest BCUT2D eigenvalue weighted by Crippen LogP contribution is 2.23. The second kappa shape index (κ2) is 5.10. The minimum atomic E-state index is 0.583. The maximum Gasteiger partial charge on any atom is 0.0813 e. The van der Waals surface area contributed by atoms with Crippen LogP contribution in [-0.4, -0.2) is 11.2 Å². The summed E-state index contributed by atoms with van der Waals surface area (Å²) in [6.45, 7) is 0. The maximum atomic E-state index is 6.00. The second-order valence-corrected chi connectivity index (χ2v) is 3.92. The van der Waals surface area contributed by atoms with Crippen molar-refractivity contribution in [1.82, 2.24) is 4.98 Å². The molecule has 80 valence electrons. The van der Waals surface area contributed by atoms with Crippen LogP contribution in [0.25, 0.3) is 0 Å². The molecule has 0 aliphatic heterocycles. The molecule has 1 heterocycles. The highest BCUT2D eigenvalue weighted by Gasteiger charge is 2.01.